The van der Waals surface area contributed by atoms with Gasteiger partial charge in [-0.15, -0.1) is 0 Å². The van der Waals surface area contributed by atoms with Crippen LogP contribution in [0.4, 0.5) is 0 Å². The number of aromatic nitrogens is 3. The van der Waals surface area contributed by atoms with Gasteiger partial charge in [-0.3, -0.25) is 14.4 Å². The zero-order valence-corrected chi connectivity index (χ0v) is 14.9. The van der Waals surface area contributed by atoms with Gasteiger partial charge in [0, 0.05) is 42.3 Å². The average molecular weight is 367 g/mol. The third-order valence-corrected chi connectivity index (χ3v) is 4.98. The second-order valence-electron chi connectivity index (χ2n) is 6.75. The first-order valence-corrected chi connectivity index (χ1v) is 9.14. The summed E-state index contributed by atoms with van der Waals surface area (Å²) in [5, 5.41) is 10.8. The fraction of sp³-hybridized carbons (Fsp3) is 0.368. The summed E-state index contributed by atoms with van der Waals surface area (Å²) in [6.07, 6.45) is 3.88. The lowest BCUT2D eigenvalue weighted by Crippen LogP contribution is -2.32. The number of H-pyrrole nitrogens is 1. The predicted octanol–water partition coefficient (Wildman–Crippen LogP) is 1.01. The number of nitrogens with one attached hydrogen (secondary N) is 2. The second-order valence-corrected chi connectivity index (χ2v) is 6.75. The number of carbonyl (C=O) groups excluding carboxylic acids is 2. The molecule has 8 heteroatoms. The first kappa shape index (κ1) is 17.3. The molecule has 0 unspecified atom stereocenters. The molecule has 140 valence electrons. The van der Waals surface area contributed by atoms with E-state index < -0.39 is 0 Å². The normalized spacial score (nSPS) is 14.4. The van der Waals surface area contributed by atoms with Crippen LogP contribution in [0.5, 0.6) is 0 Å². The van der Waals surface area contributed by atoms with Gasteiger partial charge in [0.05, 0.1) is 6.20 Å². The molecule has 3 heterocycles. The van der Waals surface area contributed by atoms with Crippen LogP contribution in [0.25, 0.3) is 21.8 Å². The largest absolute Gasteiger partial charge is 0.354 e. The first-order chi connectivity index (χ1) is 13.1. The van der Waals surface area contributed by atoms with Gasteiger partial charge < -0.3 is 14.8 Å². The maximum atomic E-state index is 12.4. The molecule has 2 aromatic heterocycles. The van der Waals surface area contributed by atoms with Crippen LogP contribution in [-0.4, -0.2) is 51.1 Å². The van der Waals surface area contributed by atoms with Crippen molar-refractivity contribution in [3.05, 3.63) is 40.8 Å². The Morgan fingerprint density at radius 2 is 2.07 bits per heavy atom. The van der Waals surface area contributed by atoms with Crippen LogP contribution in [0, 0.1) is 0 Å². The Bertz CT molecular complexity index is 1070. The SMILES string of the molecule is O=C(Cn1c2ccccc2c2cn[nH]c(=O)c21)NCCCN1CCCC1=O. The number of fused-ring (bicyclic) bond motifs is 3. The van der Waals surface area contributed by atoms with E-state index in [-0.39, 0.29) is 23.9 Å². The van der Waals surface area contributed by atoms with Gasteiger partial charge in [0.1, 0.15) is 12.1 Å². The Labute approximate surface area is 155 Å². The molecule has 4 rings (SSSR count). The number of carbonyl (C=O) groups is 2. The quantitative estimate of drug-likeness (QED) is 0.635. The molecule has 0 bridgehead atoms. The number of benzene rings is 1. The monoisotopic (exact) mass is 367 g/mol. The van der Waals surface area contributed by atoms with Crippen molar-refractivity contribution in [3.8, 4) is 0 Å². The van der Waals surface area contributed by atoms with Crippen LogP contribution in [0.1, 0.15) is 19.3 Å². The van der Waals surface area contributed by atoms with E-state index in [1.54, 1.807) is 10.8 Å². The van der Waals surface area contributed by atoms with Crippen LogP contribution in [-0.2, 0) is 16.1 Å². The third kappa shape index (κ3) is 3.30. The number of amides is 2. The summed E-state index contributed by atoms with van der Waals surface area (Å²) < 4.78 is 1.73. The van der Waals surface area contributed by atoms with Gasteiger partial charge in [0.2, 0.25) is 11.8 Å². The lowest BCUT2D eigenvalue weighted by molar-refractivity contribution is -0.127. The highest BCUT2D eigenvalue weighted by Gasteiger charge is 2.19. The van der Waals surface area contributed by atoms with Crippen molar-refractivity contribution in [2.45, 2.75) is 25.8 Å². The van der Waals surface area contributed by atoms with Gasteiger partial charge in [0.25, 0.3) is 5.56 Å². The summed E-state index contributed by atoms with van der Waals surface area (Å²) >= 11 is 0. The summed E-state index contributed by atoms with van der Waals surface area (Å²) in [6, 6.07) is 7.58. The minimum absolute atomic E-state index is 0.0553. The van der Waals surface area contributed by atoms with E-state index in [9.17, 15) is 14.4 Å². The van der Waals surface area contributed by atoms with Crippen molar-refractivity contribution in [1.82, 2.24) is 25.0 Å². The van der Waals surface area contributed by atoms with Crippen LogP contribution >= 0.6 is 0 Å². The predicted molar refractivity (Wildman–Crippen MR) is 101 cm³/mol. The molecule has 2 N–H and O–H groups in total. The molecule has 1 saturated heterocycles. The molecule has 0 aliphatic carbocycles. The van der Waals surface area contributed by atoms with Crippen molar-refractivity contribution in [2.24, 2.45) is 0 Å². The van der Waals surface area contributed by atoms with E-state index in [2.05, 4.69) is 15.5 Å². The topological polar surface area (TPSA) is 100 Å². The number of aromatic amines is 1. The van der Waals surface area contributed by atoms with E-state index in [1.807, 2.05) is 29.2 Å². The first-order valence-electron chi connectivity index (χ1n) is 9.14. The summed E-state index contributed by atoms with van der Waals surface area (Å²) in [6.45, 7) is 2.03. The van der Waals surface area contributed by atoms with Gasteiger partial charge in [-0.05, 0) is 18.9 Å². The Kier molecular flexibility index (Phi) is 4.62. The number of para-hydroxylation sites is 1. The number of hydrogen-bond donors (Lipinski definition) is 2. The molecule has 1 aliphatic heterocycles. The Morgan fingerprint density at radius 3 is 2.89 bits per heavy atom. The number of nitrogens with zero attached hydrogens (tertiary/aromatic N) is 3. The standard InChI is InChI=1S/C19H21N5O3/c25-16(20-8-4-10-23-9-3-7-17(23)26)12-24-15-6-2-1-5-13(15)14-11-21-22-19(27)18(14)24/h1-2,5-6,11H,3-4,7-10,12H2,(H,20,25)(H,22,27). The zero-order chi connectivity index (χ0) is 18.8. The lowest BCUT2D eigenvalue weighted by atomic mass is 10.2. The van der Waals surface area contributed by atoms with E-state index in [1.165, 1.54) is 0 Å². The zero-order valence-electron chi connectivity index (χ0n) is 14.9. The minimum Gasteiger partial charge on any atom is -0.354 e. The number of likely N-dealkylation sites (tertiary alicyclic amines) is 1. The van der Waals surface area contributed by atoms with Gasteiger partial charge in [-0.2, -0.15) is 5.10 Å². The van der Waals surface area contributed by atoms with E-state index in [0.29, 0.717) is 25.0 Å². The van der Waals surface area contributed by atoms with Gasteiger partial charge in [-0.1, -0.05) is 18.2 Å². The highest BCUT2D eigenvalue weighted by Crippen LogP contribution is 2.25. The highest BCUT2D eigenvalue weighted by molar-refractivity contribution is 6.07. The fourth-order valence-corrected chi connectivity index (χ4v) is 3.72. The molecule has 1 aliphatic rings. The molecule has 0 saturated carbocycles. The molecule has 0 spiro atoms. The van der Waals surface area contributed by atoms with Crippen molar-refractivity contribution in [2.75, 3.05) is 19.6 Å². The van der Waals surface area contributed by atoms with Gasteiger partial charge >= 0.3 is 0 Å². The molecule has 0 radical (unpaired) electrons. The summed E-state index contributed by atoms with van der Waals surface area (Å²) in [5.74, 6) is 0.0288. The Hall–Kier alpha value is -3.16. The summed E-state index contributed by atoms with van der Waals surface area (Å²) in [4.78, 5) is 38.1. The van der Waals surface area contributed by atoms with Crippen molar-refractivity contribution < 1.29 is 9.59 Å². The number of rotatable bonds is 6. The Morgan fingerprint density at radius 1 is 1.22 bits per heavy atom. The van der Waals surface area contributed by atoms with E-state index in [4.69, 9.17) is 0 Å². The maximum absolute atomic E-state index is 12.4. The molecule has 3 aromatic rings. The summed E-state index contributed by atoms with van der Waals surface area (Å²) in [7, 11) is 0. The van der Waals surface area contributed by atoms with Crippen molar-refractivity contribution >= 4 is 33.6 Å². The van der Waals surface area contributed by atoms with Gasteiger partial charge in [-0.25, -0.2) is 5.10 Å². The van der Waals surface area contributed by atoms with Crippen LogP contribution < -0.4 is 10.9 Å². The van der Waals surface area contributed by atoms with Crippen molar-refractivity contribution in [3.63, 3.8) is 0 Å². The van der Waals surface area contributed by atoms with E-state index >= 15 is 0 Å². The smallest absolute Gasteiger partial charge is 0.288 e. The van der Waals surface area contributed by atoms with Gasteiger partial charge in [0.15, 0.2) is 0 Å². The Balaban J connectivity index is 1.47. The number of hydrogen-bond acceptors (Lipinski definition) is 4. The van der Waals surface area contributed by atoms with Crippen LogP contribution in [0.3, 0.4) is 0 Å². The van der Waals surface area contributed by atoms with Crippen LogP contribution in [0.15, 0.2) is 35.3 Å². The molecule has 2 amide bonds. The summed E-state index contributed by atoms with van der Waals surface area (Å²) in [5.41, 5.74) is 0.955. The van der Waals surface area contributed by atoms with E-state index in [0.717, 1.165) is 35.7 Å². The molecule has 1 fully saturated rings. The molecular weight excluding hydrogens is 346 g/mol. The molecule has 8 nitrogen and oxygen atoms in total. The molecule has 27 heavy (non-hydrogen) atoms. The fourth-order valence-electron chi connectivity index (χ4n) is 3.72. The molecule has 0 atom stereocenters. The highest BCUT2D eigenvalue weighted by atomic mass is 16.2. The maximum Gasteiger partial charge on any atom is 0.288 e. The molecular formula is C19H21N5O3. The minimum atomic E-state index is -0.316. The lowest BCUT2D eigenvalue weighted by Gasteiger charge is -2.15. The van der Waals surface area contributed by atoms with Crippen molar-refractivity contribution in [1.29, 1.82) is 0 Å². The average Bonchev–Trinajstić information content (AvgIpc) is 3.22. The third-order valence-electron chi connectivity index (χ3n) is 4.98. The van der Waals surface area contributed by atoms with Crippen LogP contribution in [0.2, 0.25) is 0 Å². The molecule has 1 aromatic carbocycles. The second kappa shape index (κ2) is 7.22.